The molecule has 6 heteroatoms. The fourth-order valence-corrected chi connectivity index (χ4v) is 3.88. The quantitative estimate of drug-likeness (QED) is 0.915. The average molecular weight is 294 g/mol. The maximum atomic E-state index is 12.4. The standard InChI is InChI=1S/C14H18N2O3S/c1-11(12-6-8-19-9-7-12)16-20(17,18)14-5-3-2-4-13(14)10-15/h2-5,11-12,16H,6-9H2,1H3. The number of sulfonamides is 1. The lowest BCUT2D eigenvalue weighted by Crippen LogP contribution is -2.40. The van der Waals surface area contributed by atoms with E-state index in [2.05, 4.69) is 4.72 Å². The van der Waals surface area contributed by atoms with Gasteiger partial charge in [0.2, 0.25) is 10.0 Å². The summed E-state index contributed by atoms with van der Waals surface area (Å²) in [5.41, 5.74) is 0.166. The molecule has 1 aliphatic heterocycles. The van der Waals surface area contributed by atoms with Gasteiger partial charge in [-0.25, -0.2) is 13.1 Å². The Kier molecular flexibility index (Phi) is 4.76. The van der Waals surface area contributed by atoms with E-state index in [1.165, 1.54) is 12.1 Å². The zero-order valence-electron chi connectivity index (χ0n) is 11.4. The molecule has 5 nitrogen and oxygen atoms in total. The third-order valence-corrected chi connectivity index (χ3v) is 5.23. The largest absolute Gasteiger partial charge is 0.381 e. The smallest absolute Gasteiger partial charge is 0.242 e. The first-order valence-electron chi connectivity index (χ1n) is 6.64. The summed E-state index contributed by atoms with van der Waals surface area (Å²) >= 11 is 0. The molecule has 1 aromatic rings. The summed E-state index contributed by atoms with van der Waals surface area (Å²) in [4.78, 5) is 0.0430. The van der Waals surface area contributed by atoms with Crippen molar-refractivity contribution in [3.8, 4) is 6.07 Å². The molecule has 1 unspecified atom stereocenters. The molecule has 1 fully saturated rings. The first-order valence-corrected chi connectivity index (χ1v) is 8.12. The van der Waals surface area contributed by atoms with E-state index in [0.717, 1.165) is 12.8 Å². The van der Waals surface area contributed by atoms with Gasteiger partial charge in [0.15, 0.2) is 0 Å². The van der Waals surface area contributed by atoms with Gasteiger partial charge in [-0.15, -0.1) is 0 Å². The average Bonchev–Trinajstić information content (AvgIpc) is 2.47. The fraction of sp³-hybridized carbons (Fsp3) is 0.500. The molecule has 0 radical (unpaired) electrons. The Bertz CT molecular complexity index is 601. The SMILES string of the molecule is CC(NS(=O)(=O)c1ccccc1C#N)C1CCOCC1. The lowest BCUT2D eigenvalue weighted by atomic mass is 9.94. The highest BCUT2D eigenvalue weighted by molar-refractivity contribution is 7.89. The molecule has 0 amide bonds. The molecule has 108 valence electrons. The van der Waals surface area contributed by atoms with E-state index >= 15 is 0 Å². The van der Waals surface area contributed by atoms with Crippen LogP contribution in [0.4, 0.5) is 0 Å². The maximum Gasteiger partial charge on any atom is 0.242 e. The van der Waals surface area contributed by atoms with Crippen molar-refractivity contribution in [3.05, 3.63) is 29.8 Å². The minimum Gasteiger partial charge on any atom is -0.381 e. The Morgan fingerprint density at radius 1 is 1.35 bits per heavy atom. The van der Waals surface area contributed by atoms with Crippen LogP contribution >= 0.6 is 0 Å². The minimum absolute atomic E-state index is 0.0430. The van der Waals surface area contributed by atoms with E-state index in [-0.39, 0.29) is 22.4 Å². The third-order valence-electron chi connectivity index (χ3n) is 3.61. The first kappa shape index (κ1) is 15.0. The number of rotatable bonds is 4. The van der Waals surface area contributed by atoms with Crippen LogP contribution in [0.2, 0.25) is 0 Å². The molecule has 1 saturated heterocycles. The minimum atomic E-state index is -3.66. The van der Waals surface area contributed by atoms with E-state index < -0.39 is 10.0 Å². The van der Waals surface area contributed by atoms with Gasteiger partial charge >= 0.3 is 0 Å². The number of benzene rings is 1. The molecule has 1 aromatic carbocycles. The molecule has 0 aromatic heterocycles. The summed E-state index contributed by atoms with van der Waals surface area (Å²) in [7, 11) is -3.66. The van der Waals surface area contributed by atoms with Crippen LogP contribution in [-0.4, -0.2) is 27.7 Å². The van der Waals surface area contributed by atoms with Gasteiger partial charge < -0.3 is 4.74 Å². The zero-order valence-corrected chi connectivity index (χ0v) is 12.2. The topological polar surface area (TPSA) is 79.2 Å². The number of hydrogen-bond donors (Lipinski definition) is 1. The molecule has 0 saturated carbocycles. The van der Waals surface area contributed by atoms with Crippen molar-refractivity contribution < 1.29 is 13.2 Å². The highest BCUT2D eigenvalue weighted by atomic mass is 32.2. The maximum absolute atomic E-state index is 12.4. The van der Waals surface area contributed by atoms with E-state index in [4.69, 9.17) is 10.00 Å². The van der Waals surface area contributed by atoms with E-state index in [9.17, 15) is 8.42 Å². The Morgan fingerprint density at radius 2 is 2.00 bits per heavy atom. The fourth-order valence-electron chi connectivity index (χ4n) is 2.41. The number of nitrogens with one attached hydrogen (secondary N) is 1. The van der Waals surface area contributed by atoms with Crippen LogP contribution in [0.25, 0.3) is 0 Å². The van der Waals surface area contributed by atoms with Crippen molar-refractivity contribution in [2.24, 2.45) is 5.92 Å². The van der Waals surface area contributed by atoms with Crippen LogP contribution in [-0.2, 0) is 14.8 Å². The van der Waals surface area contributed by atoms with Crippen LogP contribution in [0, 0.1) is 17.2 Å². The molecule has 1 aliphatic rings. The monoisotopic (exact) mass is 294 g/mol. The van der Waals surface area contributed by atoms with Crippen molar-refractivity contribution in [3.63, 3.8) is 0 Å². The summed E-state index contributed by atoms with van der Waals surface area (Å²) in [6.07, 6.45) is 1.70. The number of hydrogen-bond acceptors (Lipinski definition) is 4. The Balaban J connectivity index is 2.16. The predicted molar refractivity (Wildman–Crippen MR) is 74.5 cm³/mol. The normalized spacial score (nSPS) is 18.4. The number of nitrogens with zero attached hydrogens (tertiary/aromatic N) is 1. The molecular formula is C14H18N2O3S. The predicted octanol–water partition coefficient (Wildman–Crippen LogP) is 1.65. The van der Waals surface area contributed by atoms with Gasteiger partial charge in [-0.05, 0) is 37.8 Å². The van der Waals surface area contributed by atoms with Crippen molar-refractivity contribution in [2.75, 3.05) is 13.2 Å². The van der Waals surface area contributed by atoms with Gasteiger partial charge in [-0.2, -0.15) is 5.26 Å². The molecule has 0 bridgehead atoms. The second-order valence-corrected chi connectivity index (χ2v) is 6.65. The summed E-state index contributed by atoms with van der Waals surface area (Å²) in [5, 5.41) is 9.01. The highest BCUT2D eigenvalue weighted by Crippen LogP contribution is 2.21. The summed E-state index contributed by atoms with van der Waals surface area (Å²) in [6.45, 7) is 3.21. The van der Waals surface area contributed by atoms with Crippen LogP contribution in [0.5, 0.6) is 0 Å². The number of ether oxygens (including phenoxy) is 1. The zero-order chi connectivity index (χ0) is 14.6. The van der Waals surface area contributed by atoms with E-state index in [1.54, 1.807) is 12.1 Å². The van der Waals surface area contributed by atoms with E-state index in [1.807, 2.05) is 13.0 Å². The molecule has 0 aliphatic carbocycles. The lowest BCUT2D eigenvalue weighted by Gasteiger charge is -2.28. The van der Waals surface area contributed by atoms with Crippen molar-refractivity contribution in [1.82, 2.24) is 4.72 Å². The summed E-state index contributed by atoms with van der Waals surface area (Å²) in [5.74, 6) is 0.271. The Hall–Kier alpha value is -1.42. The Morgan fingerprint density at radius 3 is 2.65 bits per heavy atom. The van der Waals surface area contributed by atoms with Gasteiger partial charge in [0.25, 0.3) is 0 Å². The Labute approximate surface area is 119 Å². The molecule has 1 heterocycles. The van der Waals surface area contributed by atoms with Crippen molar-refractivity contribution in [1.29, 1.82) is 5.26 Å². The van der Waals surface area contributed by atoms with Gasteiger partial charge in [0, 0.05) is 19.3 Å². The molecule has 1 atom stereocenters. The van der Waals surface area contributed by atoms with Crippen LogP contribution < -0.4 is 4.72 Å². The highest BCUT2D eigenvalue weighted by Gasteiger charge is 2.26. The second-order valence-electron chi connectivity index (χ2n) is 4.97. The van der Waals surface area contributed by atoms with Crippen molar-refractivity contribution >= 4 is 10.0 Å². The van der Waals surface area contributed by atoms with Gasteiger partial charge in [-0.1, -0.05) is 12.1 Å². The van der Waals surface area contributed by atoms with Crippen LogP contribution in [0.15, 0.2) is 29.2 Å². The molecular weight excluding hydrogens is 276 g/mol. The molecule has 2 rings (SSSR count). The van der Waals surface area contributed by atoms with Gasteiger partial charge in [0.1, 0.15) is 6.07 Å². The molecule has 0 spiro atoms. The number of nitriles is 1. The van der Waals surface area contributed by atoms with E-state index in [0.29, 0.717) is 13.2 Å². The van der Waals surface area contributed by atoms with Gasteiger partial charge in [0.05, 0.1) is 10.5 Å². The summed E-state index contributed by atoms with van der Waals surface area (Å²) < 4.78 is 32.7. The molecule has 1 N–H and O–H groups in total. The van der Waals surface area contributed by atoms with Crippen LogP contribution in [0.3, 0.4) is 0 Å². The van der Waals surface area contributed by atoms with Crippen LogP contribution in [0.1, 0.15) is 25.3 Å². The third kappa shape index (κ3) is 3.37. The second kappa shape index (κ2) is 6.35. The van der Waals surface area contributed by atoms with Crippen molar-refractivity contribution in [2.45, 2.75) is 30.7 Å². The summed E-state index contributed by atoms with van der Waals surface area (Å²) in [6, 6.07) is 7.98. The lowest BCUT2D eigenvalue weighted by molar-refractivity contribution is 0.0585. The first-order chi connectivity index (χ1) is 9.54. The van der Waals surface area contributed by atoms with Gasteiger partial charge in [-0.3, -0.25) is 0 Å². The molecule has 20 heavy (non-hydrogen) atoms.